The largest absolute Gasteiger partial charge is 0.342 e. The van der Waals surface area contributed by atoms with Crippen molar-refractivity contribution < 1.29 is 4.79 Å². The molecular weight excluding hydrogens is 188 g/mol. The minimum absolute atomic E-state index is 0.0521. The van der Waals surface area contributed by atoms with Crippen molar-refractivity contribution in [1.82, 2.24) is 4.90 Å². The van der Waals surface area contributed by atoms with E-state index in [2.05, 4.69) is 20.8 Å². The van der Waals surface area contributed by atoms with Crippen LogP contribution in [-0.4, -0.2) is 29.9 Å². The second-order valence-electron chi connectivity index (χ2n) is 5.95. The van der Waals surface area contributed by atoms with E-state index < -0.39 is 0 Å². The van der Waals surface area contributed by atoms with Gasteiger partial charge < -0.3 is 10.6 Å². The maximum absolute atomic E-state index is 12.0. The molecule has 0 saturated carbocycles. The monoisotopic (exact) mass is 212 g/mol. The highest BCUT2D eigenvalue weighted by atomic mass is 16.2. The minimum Gasteiger partial charge on any atom is -0.342 e. The molecule has 0 aromatic rings. The van der Waals surface area contributed by atoms with Gasteiger partial charge in [-0.25, -0.2) is 0 Å². The van der Waals surface area contributed by atoms with Gasteiger partial charge in [-0.2, -0.15) is 0 Å². The van der Waals surface area contributed by atoms with E-state index >= 15 is 0 Å². The van der Waals surface area contributed by atoms with Gasteiger partial charge in [0.15, 0.2) is 0 Å². The maximum Gasteiger partial charge on any atom is 0.225 e. The van der Waals surface area contributed by atoms with E-state index in [0.29, 0.717) is 5.92 Å². The third kappa shape index (κ3) is 2.71. The first-order valence-electron chi connectivity index (χ1n) is 5.78. The highest BCUT2D eigenvalue weighted by Gasteiger charge is 2.37. The van der Waals surface area contributed by atoms with Crippen molar-refractivity contribution in [2.75, 3.05) is 13.1 Å². The Morgan fingerprint density at radius 2 is 1.80 bits per heavy atom. The molecule has 0 spiro atoms. The van der Waals surface area contributed by atoms with Crippen molar-refractivity contribution in [3.05, 3.63) is 0 Å². The average Bonchev–Trinajstić information content (AvgIpc) is 1.97. The summed E-state index contributed by atoms with van der Waals surface area (Å²) >= 11 is 0. The van der Waals surface area contributed by atoms with Crippen molar-refractivity contribution in [1.29, 1.82) is 0 Å². The van der Waals surface area contributed by atoms with E-state index in [1.54, 1.807) is 0 Å². The maximum atomic E-state index is 12.0. The predicted octanol–water partition coefficient (Wildman–Crippen LogP) is 1.47. The van der Waals surface area contributed by atoms with E-state index in [1.807, 2.05) is 18.7 Å². The second-order valence-corrected chi connectivity index (χ2v) is 5.95. The summed E-state index contributed by atoms with van der Waals surface area (Å²) in [5.41, 5.74) is 5.84. The molecule has 1 heterocycles. The number of hydrogen-bond donors (Lipinski definition) is 1. The van der Waals surface area contributed by atoms with Crippen LogP contribution in [0.25, 0.3) is 0 Å². The molecule has 0 bridgehead atoms. The lowest BCUT2D eigenvalue weighted by atomic mass is 9.80. The number of rotatable bonds is 2. The molecule has 1 fully saturated rings. The Hall–Kier alpha value is -0.570. The zero-order valence-electron chi connectivity index (χ0n) is 10.6. The quantitative estimate of drug-likeness (QED) is 0.753. The van der Waals surface area contributed by atoms with Crippen LogP contribution in [-0.2, 0) is 4.79 Å². The lowest BCUT2D eigenvalue weighted by molar-refractivity contribution is -0.145. The van der Waals surface area contributed by atoms with Gasteiger partial charge >= 0.3 is 0 Å². The van der Waals surface area contributed by atoms with Crippen LogP contribution in [0.4, 0.5) is 0 Å². The number of carbonyl (C=O) groups is 1. The van der Waals surface area contributed by atoms with Crippen LogP contribution in [0.15, 0.2) is 0 Å². The molecule has 2 atom stereocenters. The summed E-state index contributed by atoms with van der Waals surface area (Å²) in [6.07, 6.45) is 0. The average molecular weight is 212 g/mol. The number of amides is 1. The molecule has 1 amide bonds. The van der Waals surface area contributed by atoms with Gasteiger partial charge in [0.05, 0.1) is 0 Å². The Morgan fingerprint density at radius 3 is 2.13 bits per heavy atom. The van der Waals surface area contributed by atoms with E-state index in [9.17, 15) is 4.79 Å². The van der Waals surface area contributed by atoms with Crippen LogP contribution in [0.5, 0.6) is 0 Å². The molecule has 1 aliphatic rings. The minimum atomic E-state index is 0.0521. The van der Waals surface area contributed by atoms with Gasteiger partial charge in [0.25, 0.3) is 0 Å². The summed E-state index contributed by atoms with van der Waals surface area (Å²) in [6, 6.07) is 0.207. The smallest absolute Gasteiger partial charge is 0.225 e. The number of nitrogens with zero attached hydrogens (tertiary/aromatic N) is 1. The summed E-state index contributed by atoms with van der Waals surface area (Å²) in [5.74, 6) is 0.868. The normalized spacial score (nSPS) is 22.1. The second kappa shape index (κ2) is 4.12. The summed E-state index contributed by atoms with van der Waals surface area (Å²) in [7, 11) is 0. The molecule has 1 saturated heterocycles. The first-order valence-corrected chi connectivity index (χ1v) is 5.78. The van der Waals surface area contributed by atoms with E-state index in [4.69, 9.17) is 5.73 Å². The summed E-state index contributed by atoms with van der Waals surface area (Å²) in [6.45, 7) is 12.0. The zero-order valence-corrected chi connectivity index (χ0v) is 10.6. The van der Waals surface area contributed by atoms with E-state index in [1.165, 1.54) is 0 Å². The third-order valence-electron chi connectivity index (χ3n) is 3.63. The SMILES string of the molecule is CC(N)C1CN(C(=O)C(C)C(C)(C)C)C1. The molecule has 0 radical (unpaired) electrons. The van der Waals surface area contributed by atoms with Crippen LogP contribution in [0.1, 0.15) is 34.6 Å². The van der Waals surface area contributed by atoms with Gasteiger partial charge in [-0.3, -0.25) is 4.79 Å². The van der Waals surface area contributed by atoms with Crippen LogP contribution >= 0.6 is 0 Å². The summed E-state index contributed by atoms with van der Waals surface area (Å²) < 4.78 is 0. The van der Waals surface area contributed by atoms with Gasteiger partial charge in [-0.1, -0.05) is 27.7 Å². The highest BCUT2D eigenvalue weighted by Crippen LogP contribution is 2.30. The van der Waals surface area contributed by atoms with Crippen LogP contribution in [0.3, 0.4) is 0 Å². The summed E-state index contributed by atoms with van der Waals surface area (Å²) in [5, 5.41) is 0. The van der Waals surface area contributed by atoms with Gasteiger partial charge in [0.2, 0.25) is 5.91 Å². The Balaban J connectivity index is 2.45. The van der Waals surface area contributed by atoms with Crippen molar-refractivity contribution >= 4 is 5.91 Å². The predicted molar refractivity (Wildman–Crippen MR) is 62.3 cm³/mol. The lowest BCUT2D eigenvalue weighted by Gasteiger charge is -2.44. The molecule has 15 heavy (non-hydrogen) atoms. The van der Waals surface area contributed by atoms with Crippen molar-refractivity contribution in [3.8, 4) is 0 Å². The van der Waals surface area contributed by atoms with Gasteiger partial charge in [-0.05, 0) is 12.3 Å². The Kier molecular flexibility index (Phi) is 3.44. The summed E-state index contributed by atoms with van der Waals surface area (Å²) in [4.78, 5) is 14.0. The van der Waals surface area contributed by atoms with Gasteiger partial charge in [0, 0.05) is 31.0 Å². The Bertz CT molecular complexity index is 236. The number of likely N-dealkylation sites (tertiary alicyclic amines) is 1. The van der Waals surface area contributed by atoms with E-state index in [0.717, 1.165) is 13.1 Å². The fourth-order valence-electron chi connectivity index (χ4n) is 1.67. The lowest BCUT2D eigenvalue weighted by Crippen LogP contribution is -2.57. The molecule has 88 valence electrons. The molecule has 2 N–H and O–H groups in total. The zero-order chi connectivity index (χ0) is 11.8. The van der Waals surface area contributed by atoms with Crippen molar-refractivity contribution in [2.24, 2.45) is 23.0 Å². The number of hydrogen-bond acceptors (Lipinski definition) is 2. The number of nitrogens with two attached hydrogens (primary N) is 1. The standard InChI is InChI=1S/C12H24N2O/c1-8(12(3,4)5)11(15)14-6-10(7-14)9(2)13/h8-10H,6-7,13H2,1-5H3. The van der Waals surface area contributed by atoms with Crippen LogP contribution in [0, 0.1) is 17.3 Å². The van der Waals surface area contributed by atoms with Crippen LogP contribution in [0.2, 0.25) is 0 Å². The third-order valence-corrected chi connectivity index (χ3v) is 3.63. The van der Waals surface area contributed by atoms with Gasteiger partial charge in [-0.15, -0.1) is 0 Å². The topological polar surface area (TPSA) is 46.3 Å². The molecular formula is C12H24N2O. The number of carbonyl (C=O) groups excluding carboxylic acids is 1. The first-order chi connectivity index (χ1) is 6.73. The fourth-order valence-corrected chi connectivity index (χ4v) is 1.67. The molecule has 0 aromatic heterocycles. The molecule has 1 aliphatic heterocycles. The fraction of sp³-hybridized carbons (Fsp3) is 0.917. The Labute approximate surface area is 93.0 Å². The first kappa shape index (κ1) is 12.5. The molecule has 2 unspecified atom stereocenters. The van der Waals surface area contributed by atoms with E-state index in [-0.39, 0.29) is 23.3 Å². The molecule has 0 aromatic carbocycles. The molecule has 3 nitrogen and oxygen atoms in total. The van der Waals surface area contributed by atoms with Crippen molar-refractivity contribution in [3.63, 3.8) is 0 Å². The molecule has 3 heteroatoms. The van der Waals surface area contributed by atoms with Crippen LogP contribution < -0.4 is 5.73 Å². The highest BCUT2D eigenvalue weighted by molar-refractivity contribution is 5.80. The molecule has 1 rings (SSSR count). The Morgan fingerprint density at radius 1 is 1.33 bits per heavy atom. The van der Waals surface area contributed by atoms with Crippen molar-refractivity contribution in [2.45, 2.75) is 40.7 Å². The molecule has 0 aliphatic carbocycles. The van der Waals surface area contributed by atoms with Gasteiger partial charge in [0.1, 0.15) is 0 Å².